The average molecular weight is 337 g/mol. The van der Waals surface area contributed by atoms with Gasteiger partial charge in [0.1, 0.15) is 0 Å². The first-order valence-electron chi connectivity index (χ1n) is 5.01. The van der Waals surface area contributed by atoms with Crippen molar-refractivity contribution in [1.29, 1.82) is 0 Å². The summed E-state index contributed by atoms with van der Waals surface area (Å²) in [5.74, 6) is 0. The van der Waals surface area contributed by atoms with Crippen LogP contribution in [0.1, 0.15) is 13.3 Å². The van der Waals surface area contributed by atoms with Gasteiger partial charge in [-0.15, -0.1) is 0 Å². The number of benzene rings is 1. The zero-order chi connectivity index (χ0) is 11.1. The van der Waals surface area contributed by atoms with E-state index in [0.29, 0.717) is 0 Å². The molecule has 0 saturated carbocycles. The largest absolute Gasteiger partial charge is 0.383 e. The number of nitrogens with one attached hydrogen (secondary N) is 1. The van der Waals surface area contributed by atoms with Gasteiger partial charge in [-0.25, -0.2) is 0 Å². The lowest BCUT2D eigenvalue weighted by molar-refractivity contribution is 0.147. The lowest BCUT2D eigenvalue weighted by Crippen LogP contribution is -2.06. The number of rotatable bonds is 6. The summed E-state index contributed by atoms with van der Waals surface area (Å²) < 4.78 is 7.42. The van der Waals surface area contributed by atoms with E-state index in [1.807, 2.05) is 25.1 Å². The quantitative estimate of drug-likeness (QED) is 0.791. The molecule has 0 amide bonds. The molecule has 2 nitrogen and oxygen atoms in total. The molecular weight excluding hydrogens is 322 g/mol. The minimum atomic E-state index is 0.790. The van der Waals surface area contributed by atoms with Gasteiger partial charge < -0.3 is 10.1 Å². The molecule has 0 bridgehead atoms. The van der Waals surface area contributed by atoms with Crippen LogP contribution in [0.25, 0.3) is 0 Å². The number of anilines is 1. The molecule has 15 heavy (non-hydrogen) atoms. The molecule has 1 N–H and O–H groups in total. The van der Waals surface area contributed by atoms with Gasteiger partial charge in [-0.1, -0.05) is 6.07 Å². The van der Waals surface area contributed by atoms with Crippen LogP contribution in [0.15, 0.2) is 27.1 Å². The number of hydrogen-bond acceptors (Lipinski definition) is 2. The Morgan fingerprint density at radius 2 is 1.93 bits per heavy atom. The molecule has 0 unspecified atom stereocenters. The molecule has 84 valence electrons. The smallest absolute Gasteiger partial charge is 0.0629 e. The van der Waals surface area contributed by atoms with E-state index in [-0.39, 0.29) is 0 Å². The minimum absolute atomic E-state index is 0.790. The molecule has 0 saturated heterocycles. The van der Waals surface area contributed by atoms with Gasteiger partial charge in [0.25, 0.3) is 0 Å². The van der Waals surface area contributed by atoms with Crippen LogP contribution in [0.4, 0.5) is 5.69 Å². The third-order valence-corrected chi connectivity index (χ3v) is 3.26. The molecule has 0 fully saturated rings. The van der Waals surface area contributed by atoms with E-state index in [2.05, 4.69) is 37.2 Å². The molecule has 0 spiro atoms. The van der Waals surface area contributed by atoms with Crippen LogP contribution < -0.4 is 5.32 Å². The Morgan fingerprint density at radius 1 is 1.27 bits per heavy atom. The highest BCUT2D eigenvalue weighted by molar-refractivity contribution is 9.11. The standard InChI is InChI=1S/C11H15Br2NO/c1-2-15-8-4-7-14-11-9(12)5-3-6-10(11)13/h3,5-6,14H,2,4,7-8H2,1H3. The van der Waals surface area contributed by atoms with E-state index in [1.165, 1.54) is 0 Å². The van der Waals surface area contributed by atoms with Crippen molar-refractivity contribution < 1.29 is 4.74 Å². The maximum absolute atomic E-state index is 5.27. The maximum atomic E-state index is 5.27. The normalized spacial score (nSPS) is 10.3. The van der Waals surface area contributed by atoms with E-state index < -0.39 is 0 Å². The van der Waals surface area contributed by atoms with Gasteiger partial charge in [-0.3, -0.25) is 0 Å². The lowest BCUT2D eigenvalue weighted by Gasteiger charge is -2.10. The van der Waals surface area contributed by atoms with Crippen molar-refractivity contribution in [2.45, 2.75) is 13.3 Å². The second-order valence-electron chi connectivity index (χ2n) is 3.07. The van der Waals surface area contributed by atoms with Crippen LogP contribution in [0.3, 0.4) is 0 Å². The van der Waals surface area contributed by atoms with Gasteiger partial charge >= 0.3 is 0 Å². The first kappa shape index (κ1) is 13.0. The van der Waals surface area contributed by atoms with Gasteiger partial charge in [-0.2, -0.15) is 0 Å². The summed E-state index contributed by atoms with van der Waals surface area (Å²) in [7, 11) is 0. The number of ether oxygens (including phenoxy) is 1. The van der Waals surface area contributed by atoms with E-state index in [0.717, 1.165) is 40.8 Å². The molecule has 1 aromatic rings. The monoisotopic (exact) mass is 335 g/mol. The summed E-state index contributed by atoms with van der Waals surface area (Å²) >= 11 is 7.01. The fourth-order valence-electron chi connectivity index (χ4n) is 1.20. The summed E-state index contributed by atoms with van der Waals surface area (Å²) in [5, 5.41) is 3.37. The fourth-order valence-corrected chi connectivity index (χ4v) is 2.48. The topological polar surface area (TPSA) is 21.3 Å². The molecule has 0 aliphatic carbocycles. The summed E-state index contributed by atoms with van der Waals surface area (Å²) in [4.78, 5) is 0. The second-order valence-corrected chi connectivity index (χ2v) is 4.78. The molecule has 1 rings (SSSR count). The van der Waals surface area contributed by atoms with Crippen LogP contribution in [0.5, 0.6) is 0 Å². The molecule has 0 radical (unpaired) electrons. The van der Waals surface area contributed by atoms with Crippen molar-refractivity contribution in [3.8, 4) is 0 Å². The summed E-state index contributed by atoms with van der Waals surface area (Å²) in [5.41, 5.74) is 1.11. The Hall–Kier alpha value is -0.0600. The highest BCUT2D eigenvalue weighted by Crippen LogP contribution is 2.30. The van der Waals surface area contributed by atoms with E-state index in [4.69, 9.17) is 4.74 Å². The molecule has 0 aliphatic heterocycles. The molecule has 4 heteroatoms. The van der Waals surface area contributed by atoms with Crippen LogP contribution in [0.2, 0.25) is 0 Å². The summed E-state index contributed by atoms with van der Waals surface area (Å²) in [6.07, 6.45) is 1.02. The maximum Gasteiger partial charge on any atom is 0.0629 e. The van der Waals surface area contributed by atoms with Crippen molar-refractivity contribution >= 4 is 37.5 Å². The highest BCUT2D eigenvalue weighted by atomic mass is 79.9. The predicted molar refractivity (Wildman–Crippen MR) is 71.4 cm³/mol. The molecule has 0 atom stereocenters. The Kier molecular flexibility index (Phi) is 6.29. The van der Waals surface area contributed by atoms with Crippen molar-refractivity contribution in [2.24, 2.45) is 0 Å². The van der Waals surface area contributed by atoms with Gasteiger partial charge in [-0.05, 0) is 57.3 Å². The number of halogens is 2. The summed E-state index contributed by atoms with van der Waals surface area (Å²) in [6, 6.07) is 6.05. The highest BCUT2D eigenvalue weighted by Gasteiger charge is 2.02. The average Bonchev–Trinajstić information content (AvgIpc) is 2.21. The van der Waals surface area contributed by atoms with Crippen molar-refractivity contribution in [3.05, 3.63) is 27.1 Å². The molecule has 0 aromatic heterocycles. The molecule has 0 aliphatic rings. The minimum Gasteiger partial charge on any atom is -0.383 e. The van der Waals surface area contributed by atoms with E-state index >= 15 is 0 Å². The van der Waals surface area contributed by atoms with Gasteiger partial charge in [0.15, 0.2) is 0 Å². The predicted octanol–water partition coefficient (Wildman–Crippen LogP) is 4.05. The Labute approximate surface area is 108 Å². The van der Waals surface area contributed by atoms with Crippen molar-refractivity contribution in [3.63, 3.8) is 0 Å². The first-order valence-corrected chi connectivity index (χ1v) is 6.60. The van der Waals surface area contributed by atoms with E-state index in [1.54, 1.807) is 0 Å². The Balaban J connectivity index is 2.37. The third kappa shape index (κ3) is 4.53. The molecular formula is C11H15Br2NO. The van der Waals surface area contributed by atoms with Crippen LogP contribution in [-0.2, 0) is 4.74 Å². The number of para-hydroxylation sites is 1. The van der Waals surface area contributed by atoms with E-state index in [9.17, 15) is 0 Å². The van der Waals surface area contributed by atoms with Gasteiger partial charge in [0.2, 0.25) is 0 Å². The van der Waals surface area contributed by atoms with Crippen molar-refractivity contribution in [1.82, 2.24) is 0 Å². The second kappa shape index (κ2) is 7.25. The fraction of sp³-hybridized carbons (Fsp3) is 0.455. The molecule has 0 heterocycles. The zero-order valence-electron chi connectivity index (χ0n) is 8.72. The lowest BCUT2D eigenvalue weighted by atomic mass is 10.3. The first-order chi connectivity index (χ1) is 7.25. The van der Waals surface area contributed by atoms with Crippen LogP contribution in [-0.4, -0.2) is 19.8 Å². The number of hydrogen-bond donors (Lipinski definition) is 1. The third-order valence-electron chi connectivity index (χ3n) is 1.93. The molecule has 1 aromatic carbocycles. The van der Waals surface area contributed by atoms with Crippen LogP contribution >= 0.6 is 31.9 Å². The Bertz CT molecular complexity index is 284. The summed E-state index contributed by atoms with van der Waals surface area (Å²) in [6.45, 7) is 4.53. The van der Waals surface area contributed by atoms with Gasteiger partial charge in [0.05, 0.1) is 5.69 Å². The SMILES string of the molecule is CCOCCCNc1c(Br)cccc1Br. The van der Waals surface area contributed by atoms with Crippen molar-refractivity contribution in [2.75, 3.05) is 25.1 Å². The Morgan fingerprint density at radius 3 is 2.53 bits per heavy atom. The van der Waals surface area contributed by atoms with Gasteiger partial charge in [0, 0.05) is 28.7 Å². The van der Waals surface area contributed by atoms with Crippen LogP contribution in [0, 0.1) is 0 Å². The zero-order valence-corrected chi connectivity index (χ0v) is 11.9.